The highest BCUT2D eigenvalue weighted by Crippen LogP contribution is 2.17. The van der Waals surface area contributed by atoms with Crippen LogP contribution in [0.5, 0.6) is 5.88 Å². The number of nitrogens with one attached hydrogen (secondary N) is 1. The topological polar surface area (TPSA) is 76.6 Å². The molecule has 1 aliphatic rings. The molecule has 0 saturated carbocycles. The third-order valence-corrected chi connectivity index (χ3v) is 4.36. The van der Waals surface area contributed by atoms with Gasteiger partial charge in [0.25, 0.3) is 5.91 Å². The summed E-state index contributed by atoms with van der Waals surface area (Å²) in [5, 5.41) is 2.86. The second-order valence-electron chi connectivity index (χ2n) is 6.50. The smallest absolute Gasteiger partial charge is 0.258 e. The predicted molar refractivity (Wildman–Crippen MR) is 103 cm³/mol. The van der Waals surface area contributed by atoms with Crippen molar-refractivity contribution >= 4 is 11.9 Å². The summed E-state index contributed by atoms with van der Waals surface area (Å²) < 4.78 is 11.0. The van der Waals surface area contributed by atoms with Gasteiger partial charge in [-0.25, -0.2) is 4.98 Å². The molecule has 7 nitrogen and oxygen atoms in total. The van der Waals surface area contributed by atoms with E-state index in [2.05, 4.69) is 20.2 Å². The van der Waals surface area contributed by atoms with Crippen molar-refractivity contribution < 1.29 is 14.3 Å². The largest absolute Gasteiger partial charge is 0.467 e. The van der Waals surface area contributed by atoms with Gasteiger partial charge in [0.1, 0.15) is 0 Å². The molecule has 1 saturated heterocycles. The average Bonchev–Trinajstić information content (AvgIpc) is 2.72. The molecule has 0 aliphatic carbocycles. The number of rotatable bonds is 7. The molecule has 27 heavy (non-hydrogen) atoms. The molecule has 3 rings (SSSR count). The average molecular weight is 370 g/mol. The van der Waals surface area contributed by atoms with Gasteiger partial charge in [0, 0.05) is 31.4 Å². The van der Waals surface area contributed by atoms with Crippen LogP contribution in [0.1, 0.15) is 23.7 Å². The summed E-state index contributed by atoms with van der Waals surface area (Å²) in [7, 11) is 0. The molecule has 1 aromatic carbocycles. The lowest BCUT2D eigenvalue weighted by Crippen LogP contribution is -2.37. The molecular weight excluding hydrogens is 344 g/mol. The van der Waals surface area contributed by atoms with E-state index in [-0.39, 0.29) is 12.5 Å². The van der Waals surface area contributed by atoms with Crippen LogP contribution in [-0.4, -0.2) is 48.8 Å². The maximum atomic E-state index is 12.1. The molecule has 2 heterocycles. The molecule has 1 amide bonds. The molecular formula is C20H26N4O3. The van der Waals surface area contributed by atoms with Crippen molar-refractivity contribution in [3.8, 4) is 5.88 Å². The minimum atomic E-state index is -0.180. The first-order chi connectivity index (χ1) is 13.1. The molecule has 0 bridgehead atoms. The first-order valence-electron chi connectivity index (χ1n) is 9.29. The van der Waals surface area contributed by atoms with Gasteiger partial charge in [0.05, 0.1) is 13.2 Å². The minimum Gasteiger partial charge on any atom is -0.467 e. The summed E-state index contributed by atoms with van der Waals surface area (Å²) in [6.45, 7) is 7.30. The molecule has 7 heteroatoms. The Bertz CT molecular complexity index is 758. The van der Waals surface area contributed by atoms with E-state index in [1.165, 1.54) is 5.56 Å². The van der Waals surface area contributed by atoms with Gasteiger partial charge in [0.2, 0.25) is 11.8 Å². The van der Waals surface area contributed by atoms with Crippen molar-refractivity contribution in [1.82, 2.24) is 15.3 Å². The van der Waals surface area contributed by atoms with Crippen LogP contribution in [0.3, 0.4) is 0 Å². The van der Waals surface area contributed by atoms with Gasteiger partial charge < -0.3 is 19.7 Å². The van der Waals surface area contributed by atoms with E-state index < -0.39 is 0 Å². The van der Waals surface area contributed by atoms with Crippen LogP contribution in [0, 0.1) is 6.92 Å². The van der Waals surface area contributed by atoms with Crippen molar-refractivity contribution in [2.24, 2.45) is 0 Å². The Labute approximate surface area is 159 Å². The number of aryl methyl sites for hydroxylation is 2. The molecule has 1 aromatic heterocycles. The third kappa shape index (κ3) is 5.65. The van der Waals surface area contributed by atoms with Crippen molar-refractivity contribution in [1.29, 1.82) is 0 Å². The van der Waals surface area contributed by atoms with E-state index in [4.69, 9.17) is 9.47 Å². The normalized spacial score (nSPS) is 14.1. The van der Waals surface area contributed by atoms with Crippen molar-refractivity contribution in [2.75, 3.05) is 37.8 Å². The highest BCUT2D eigenvalue weighted by atomic mass is 16.5. The lowest BCUT2D eigenvalue weighted by molar-refractivity contribution is -0.123. The zero-order valence-corrected chi connectivity index (χ0v) is 15.9. The second-order valence-corrected chi connectivity index (χ2v) is 6.50. The number of hydrogen-bond donors (Lipinski definition) is 1. The maximum absolute atomic E-state index is 12.1. The Hall–Kier alpha value is -2.67. The number of amides is 1. The minimum absolute atomic E-state index is 0.0748. The Morgan fingerprint density at radius 2 is 1.96 bits per heavy atom. The van der Waals surface area contributed by atoms with Crippen molar-refractivity contribution in [2.45, 2.75) is 26.8 Å². The number of hydrogen-bond acceptors (Lipinski definition) is 6. The third-order valence-electron chi connectivity index (χ3n) is 4.36. The lowest BCUT2D eigenvalue weighted by Gasteiger charge is -2.27. The molecule has 0 spiro atoms. The fourth-order valence-corrected chi connectivity index (χ4v) is 2.72. The summed E-state index contributed by atoms with van der Waals surface area (Å²) in [5.41, 5.74) is 3.14. The number of benzene rings is 1. The predicted octanol–water partition coefficient (Wildman–Crippen LogP) is 1.88. The SMILES string of the molecule is CCc1cc(OCC(=O)NCc2ccc(C)cc2)nc(N2CCOCC2)n1. The Kier molecular flexibility index (Phi) is 6.59. The Morgan fingerprint density at radius 3 is 2.67 bits per heavy atom. The van der Waals surface area contributed by atoms with Gasteiger partial charge in [-0.05, 0) is 18.9 Å². The number of aromatic nitrogens is 2. The van der Waals surface area contributed by atoms with E-state index in [0.29, 0.717) is 31.6 Å². The number of ether oxygens (including phenoxy) is 2. The second kappa shape index (κ2) is 9.32. The number of morpholine rings is 1. The molecule has 0 radical (unpaired) electrons. The summed E-state index contributed by atoms with van der Waals surface area (Å²) in [4.78, 5) is 23.2. The van der Waals surface area contributed by atoms with Crippen LogP contribution in [-0.2, 0) is 22.5 Å². The summed E-state index contributed by atoms with van der Waals surface area (Å²) in [5.74, 6) is 0.877. The van der Waals surface area contributed by atoms with E-state index in [1.807, 2.05) is 38.1 Å². The van der Waals surface area contributed by atoms with Gasteiger partial charge >= 0.3 is 0 Å². The molecule has 1 aliphatic heterocycles. The van der Waals surface area contributed by atoms with Crippen LogP contribution in [0.25, 0.3) is 0 Å². The molecule has 1 N–H and O–H groups in total. The molecule has 0 atom stereocenters. The fourth-order valence-electron chi connectivity index (χ4n) is 2.72. The quantitative estimate of drug-likeness (QED) is 0.802. The van der Waals surface area contributed by atoms with Crippen molar-refractivity contribution in [3.05, 3.63) is 47.2 Å². The fraction of sp³-hybridized carbons (Fsp3) is 0.450. The van der Waals surface area contributed by atoms with Gasteiger partial charge in [0.15, 0.2) is 6.61 Å². The first-order valence-corrected chi connectivity index (χ1v) is 9.29. The van der Waals surface area contributed by atoms with E-state index in [0.717, 1.165) is 30.8 Å². The standard InChI is InChI=1S/C20H26N4O3/c1-3-17-12-19(23-20(22-17)24-8-10-26-11-9-24)27-14-18(25)21-13-16-6-4-15(2)5-7-16/h4-7,12H,3,8-11,13-14H2,1-2H3,(H,21,25). The summed E-state index contributed by atoms with van der Waals surface area (Å²) >= 11 is 0. The van der Waals surface area contributed by atoms with E-state index >= 15 is 0 Å². The van der Waals surface area contributed by atoms with Gasteiger partial charge in [-0.2, -0.15) is 4.98 Å². The zero-order valence-electron chi connectivity index (χ0n) is 15.9. The molecule has 2 aromatic rings. The van der Waals surface area contributed by atoms with Crippen LogP contribution in [0.15, 0.2) is 30.3 Å². The summed E-state index contributed by atoms with van der Waals surface area (Å²) in [6, 6.07) is 9.85. The highest BCUT2D eigenvalue weighted by Gasteiger charge is 2.16. The van der Waals surface area contributed by atoms with Gasteiger partial charge in [-0.15, -0.1) is 0 Å². The monoisotopic (exact) mass is 370 g/mol. The van der Waals surface area contributed by atoms with Crippen LogP contribution in [0.4, 0.5) is 5.95 Å². The lowest BCUT2D eigenvalue weighted by atomic mass is 10.1. The van der Waals surface area contributed by atoms with Crippen LogP contribution < -0.4 is 15.0 Å². The number of carbonyl (C=O) groups excluding carboxylic acids is 1. The maximum Gasteiger partial charge on any atom is 0.258 e. The highest BCUT2D eigenvalue weighted by molar-refractivity contribution is 5.77. The molecule has 144 valence electrons. The van der Waals surface area contributed by atoms with Gasteiger partial charge in [-0.1, -0.05) is 36.8 Å². The first kappa shape index (κ1) is 19.1. The van der Waals surface area contributed by atoms with Crippen molar-refractivity contribution in [3.63, 3.8) is 0 Å². The van der Waals surface area contributed by atoms with Crippen LogP contribution >= 0.6 is 0 Å². The van der Waals surface area contributed by atoms with E-state index in [9.17, 15) is 4.79 Å². The summed E-state index contributed by atoms with van der Waals surface area (Å²) in [6.07, 6.45) is 0.774. The Balaban J connectivity index is 1.56. The zero-order chi connectivity index (χ0) is 19.1. The van der Waals surface area contributed by atoms with E-state index in [1.54, 1.807) is 6.07 Å². The number of nitrogens with zero attached hydrogens (tertiary/aromatic N) is 3. The van der Waals surface area contributed by atoms with Crippen LogP contribution in [0.2, 0.25) is 0 Å². The molecule has 0 unspecified atom stereocenters. The number of carbonyl (C=O) groups is 1. The molecule has 1 fully saturated rings. The number of anilines is 1. The Morgan fingerprint density at radius 1 is 1.22 bits per heavy atom. The van der Waals surface area contributed by atoms with Gasteiger partial charge in [-0.3, -0.25) is 4.79 Å².